The topological polar surface area (TPSA) is 74.5 Å². The molecule has 0 saturated carbocycles. The van der Waals surface area contributed by atoms with Crippen molar-refractivity contribution in [2.75, 3.05) is 43.4 Å². The Morgan fingerprint density at radius 3 is 2.78 bits per heavy atom. The number of aromatic nitrogens is 2. The summed E-state index contributed by atoms with van der Waals surface area (Å²) < 4.78 is 5.10. The minimum Gasteiger partial charge on any atom is -0.367 e. The fourth-order valence-corrected chi connectivity index (χ4v) is 3.37. The van der Waals surface area contributed by atoms with Gasteiger partial charge in [0.2, 0.25) is 0 Å². The summed E-state index contributed by atoms with van der Waals surface area (Å²) in [6.07, 6.45) is 1.49. The fraction of sp³-hybridized carbons (Fsp3) is 0.316. The zero-order valence-corrected chi connectivity index (χ0v) is 16.0. The molecule has 1 amide bonds. The van der Waals surface area contributed by atoms with Crippen molar-refractivity contribution >= 4 is 40.0 Å². The molecule has 1 N–H and O–H groups in total. The second-order valence-corrected chi connectivity index (χ2v) is 7.19. The van der Waals surface area contributed by atoms with E-state index in [1.807, 2.05) is 19.1 Å². The summed E-state index contributed by atoms with van der Waals surface area (Å²) in [6, 6.07) is 7.32. The van der Waals surface area contributed by atoms with Gasteiger partial charge in [-0.1, -0.05) is 16.8 Å². The Labute approximate surface area is 161 Å². The summed E-state index contributed by atoms with van der Waals surface area (Å²) in [5.41, 5.74) is 3.23. The molecule has 0 atom stereocenters. The van der Waals surface area contributed by atoms with E-state index < -0.39 is 0 Å². The van der Waals surface area contributed by atoms with Crippen LogP contribution in [0.1, 0.15) is 16.1 Å². The van der Waals surface area contributed by atoms with Crippen molar-refractivity contribution in [2.45, 2.75) is 6.92 Å². The summed E-state index contributed by atoms with van der Waals surface area (Å²) in [5, 5.41) is 8.16. The van der Waals surface area contributed by atoms with Crippen LogP contribution >= 0.6 is 11.6 Å². The van der Waals surface area contributed by atoms with Gasteiger partial charge < -0.3 is 19.6 Å². The van der Waals surface area contributed by atoms with Gasteiger partial charge in [0.1, 0.15) is 0 Å². The van der Waals surface area contributed by atoms with Gasteiger partial charge >= 0.3 is 0 Å². The van der Waals surface area contributed by atoms with E-state index in [2.05, 4.69) is 32.3 Å². The lowest BCUT2D eigenvalue weighted by Crippen LogP contribution is -2.44. The standard InChI is InChI=1S/C19H20ClN5O2/c1-12-15-9-13(11-21-19(15)27-23-12)18(26)22-16-10-14(20)3-4-17(16)25-7-5-24(2)6-8-25/h3-4,9-11H,5-8H2,1-2H3,(H,22,26). The molecule has 3 aromatic rings. The largest absolute Gasteiger partial charge is 0.367 e. The number of halogens is 1. The number of nitrogens with one attached hydrogen (secondary N) is 1. The van der Waals surface area contributed by atoms with Crippen molar-refractivity contribution in [2.24, 2.45) is 0 Å². The van der Waals surface area contributed by atoms with Crippen LogP contribution in [-0.2, 0) is 0 Å². The van der Waals surface area contributed by atoms with Crippen molar-refractivity contribution in [1.29, 1.82) is 0 Å². The normalized spacial score (nSPS) is 15.3. The number of piperazine rings is 1. The van der Waals surface area contributed by atoms with Crippen LogP contribution in [0.2, 0.25) is 5.02 Å². The van der Waals surface area contributed by atoms with E-state index in [4.69, 9.17) is 16.1 Å². The quantitative estimate of drug-likeness (QED) is 0.746. The van der Waals surface area contributed by atoms with Gasteiger partial charge in [0.05, 0.1) is 28.0 Å². The molecule has 8 heteroatoms. The van der Waals surface area contributed by atoms with Gasteiger partial charge in [0.15, 0.2) is 0 Å². The number of rotatable bonds is 3. The van der Waals surface area contributed by atoms with E-state index in [-0.39, 0.29) is 5.91 Å². The predicted octanol–water partition coefficient (Wildman–Crippen LogP) is 3.19. The van der Waals surface area contributed by atoms with Crippen LogP contribution in [0, 0.1) is 6.92 Å². The number of aryl methyl sites for hydroxylation is 1. The third-order valence-corrected chi connectivity index (χ3v) is 5.06. The number of nitrogens with zero attached hydrogens (tertiary/aromatic N) is 4. The Hall–Kier alpha value is -2.64. The maximum Gasteiger partial charge on any atom is 0.257 e. The van der Waals surface area contributed by atoms with Gasteiger partial charge in [-0.3, -0.25) is 4.79 Å². The third-order valence-electron chi connectivity index (χ3n) is 4.82. The van der Waals surface area contributed by atoms with E-state index in [1.165, 1.54) is 6.20 Å². The average Bonchev–Trinajstić information content (AvgIpc) is 3.03. The average molecular weight is 386 g/mol. The number of fused-ring (bicyclic) bond motifs is 1. The van der Waals surface area contributed by atoms with E-state index in [1.54, 1.807) is 12.1 Å². The summed E-state index contributed by atoms with van der Waals surface area (Å²) >= 11 is 6.18. The maximum atomic E-state index is 12.8. The monoisotopic (exact) mass is 385 g/mol. The van der Waals surface area contributed by atoms with Crippen molar-refractivity contribution in [3.05, 3.63) is 46.7 Å². The van der Waals surface area contributed by atoms with Crippen molar-refractivity contribution in [3.8, 4) is 0 Å². The lowest BCUT2D eigenvalue weighted by molar-refractivity contribution is 0.102. The molecular formula is C19H20ClN5O2. The molecule has 1 aromatic carbocycles. The smallest absolute Gasteiger partial charge is 0.257 e. The second kappa shape index (κ2) is 7.17. The first kappa shape index (κ1) is 17.8. The molecule has 2 aromatic heterocycles. The molecule has 1 saturated heterocycles. The molecule has 3 heterocycles. The van der Waals surface area contributed by atoms with Gasteiger partial charge in [-0.05, 0) is 38.2 Å². The second-order valence-electron chi connectivity index (χ2n) is 6.75. The van der Waals surface area contributed by atoms with Crippen LogP contribution in [-0.4, -0.2) is 54.2 Å². The van der Waals surface area contributed by atoms with Crippen molar-refractivity contribution < 1.29 is 9.32 Å². The highest BCUT2D eigenvalue weighted by molar-refractivity contribution is 6.31. The van der Waals surface area contributed by atoms with Crippen LogP contribution in [0.15, 0.2) is 35.0 Å². The highest BCUT2D eigenvalue weighted by Gasteiger charge is 2.19. The van der Waals surface area contributed by atoms with Crippen LogP contribution in [0.4, 0.5) is 11.4 Å². The highest BCUT2D eigenvalue weighted by Crippen LogP contribution is 2.30. The number of hydrogen-bond acceptors (Lipinski definition) is 6. The van der Waals surface area contributed by atoms with Crippen LogP contribution in [0.5, 0.6) is 0 Å². The molecule has 140 valence electrons. The lowest BCUT2D eigenvalue weighted by Gasteiger charge is -2.35. The highest BCUT2D eigenvalue weighted by atomic mass is 35.5. The molecule has 0 radical (unpaired) electrons. The first-order valence-corrected chi connectivity index (χ1v) is 9.15. The third kappa shape index (κ3) is 3.61. The Bertz CT molecular complexity index is 995. The van der Waals surface area contributed by atoms with Gasteiger partial charge in [-0.2, -0.15) is 0 Å². The molecule has 0 spiro atoms. The molecule has 4 rings (SSSR count). The van der Waals surface area contributed by atoms with E-state index >= 15 is 0 Å². The zero-order chi connectivity index (χ0) is 19.0. The van der Waals surface area contributed by atoms with E-state index in [0.29, 0.717) is 27.7 Å². The number of amides is 1. The number of anilines is 2. The number of carbonyl (C=O) groups is 1. The van der Waals surface area contributed by atoms with Crippen molar-refractivity contribution in [3.63, 3.8) is 0 Å². The SMILES string of the molecule is Cc1noc2ncc(C(=O)Nc3cc(Cl)ccc3N3CCN(C)CC3)cc12. The molecule has 7 nitrogen and oxygen atoms in total. The van der Waals surface area contributed by atoms with E-state index in [9.17, 15) is 4.79 Å². The molecule has 0 bridgehead atoms. The number of benzene rings is 1. The summed E-state index contributed by atoms with van der Waals surface area (Å²) in [6.45, 7) is 5.56. The molecule has 1 aliphatic heterocycles. The number of pyridine rings is 1. The number of carbonyl (C=O) groups excluding carboxylic acids is 1. The lowest BCUT2D eigenvalue weighted by atomic mass is 10.1. The minimum atomic E-state index is -0.248. The van der Waals surface area contributed by atoms with Crippen LogP contribution < -0.4 is 10.2 Å². The van der Waals surface area contributed by atoms with Crippen LogP contribution in [0.25, 0.3) is 11.1 Å². The molecule has 1 aliphatic rings. The van der Waals surface area contributed by atoms with Gasteiger partial charge in [0.25, 0.3) is 11.6 Å². The van der Waals surface area contributed by atoms with Crippen molar-refractivity contribution in [1.82, 2.24) is 15.0 Å². The van der Waals surface area contributed by atoms with Gasteiger partial charge in [-0.25, -0.2) is 4.98 Å². The molecule has 1 fully saturated rings. The molecule has 0 unspecified atom stereocenters. The minimum absolute atomic E-state index is 0.248. The molecule has 27 heavy (non-hydrogen) atoms. The Kier molecular flexibility index (Phi) is 4.72. The van der Waals surface area contributed by atoms with Gasteiger partial charge in [-0.15, -0.1) is 0 Å². The Morgan fingerprint density at radius 2 is 2.00 bits per heavy atom. The molecule has 0 aliphatic carbocycles. The molecular weight excluding hydrogens is 366 g/mol. The first-order valence-electron chi connectivity index (χ1n) is 8.78. The Morgan fingerprint density at radius 1 is 1.22 bits per heavy atom. The Balaban J connectivity index is 1.61. The number of likely N-dealkylation sites (N-methyl/N-ethyl adjacent to an activating group) is 1. The summed E-state index contributed by atoms with van der Waals surface area (Å²) in [7, 11) is 2.11. The predicted molar refractivity (Wildman–Crippen MR) is 106 cm³/mol. The van der Waals surface area contributed by atoms with Crippen LogP contribution in [0.3, 0.4) is 0 Å². The summed E-state index contributed by atoms with van der Waals surface area (Å²) in [4.78, 5) is 21.5. The van der Waals surface area contributed by atoms with E-state index in [0.717, 1.165) is 37.3 Å². The maximum absolute atomic E-state index is 12.8. The first-order chi connectivity index (χ1) is 13.0. The summed E-state index contributed by atoms with van der Waals surface area (Å²) in [5.74, 6) is -0.248. The van der Waals surface area contributed by atoms with Gasteiger partial charge in [0, 0.05) is 37.4 Å². The zero-order valence-electron chi connectivity index (χ0n) is 15.2. The number of hydrogen-bond donors (Lipinski definition) is 1. The fourth-order valence-electron chi connectivity index (χ4n) is 3.20.